The van der Waals surface area contributed by atoms with E-state index in [2.05, 4.69) is 10.1 Å². The van der Waals surface area contributed by atoms with E-state index in [-0.39, 0.29) is 18.3 Å². The van der Waals surface area contributed by atoms with E-state index < -0.39 is 5.76 Å². The summed E-state index contributed by atoms with van der Waals surface area (Å²) in [5.74, 6) is -3.11. The Morgan fingerprint density at radius 1 is 1.30 bits per heavy atom. The number of carbonyl (C=O) groups excluding carboxylic acids is 2. The number of thioether (sulfide) groups is 1. The fourth-order valence-corrected chi connectivity index (χ4v) is 1.93. The lowest BCUT2D eigenvalue weighted by Crippen LogP contribution is -2.24. The van der Waals surface area contributed by atoms with Crippen molar-refractivity contribution in [2.24, 2.45) is 0 Å². The Morgan fingerprint density at radius 3 is 2.50 bits per heavy atom. The van der Waals surface area contributed by atoms with Gasteiger partial charge in [0.1, 0.15) is 0 Å². The number of methoxy groups -OCH3 is 1. The zero-order valence-corrected chi connectivity index (χ0v) is 11.7. The van der Waals surface area contributed by atoms with Crippen molar-refractivity contribution in [3.8, 4) is 0 Å². The largest absolute Gasteiger partial charge is 0.469 e. The lowest BCUT2D eigenvalue weighted by Gasteiger charge is -2.06. The second-order valence-corrected chi connectivity index (χ2v) is 4.90. The minimum absolute atomic E-state index is 0.237. The van der Waals surface area contributed by atoms with Crippen LogP contribution in [-0.2, 0) is 9.53 Å². The van der Waals surface area contributed by atoms with Crippen molar-refractivity contribution in [3.63, 3.8) is 0 Å². The Labute approximate surface area is 119 Å². The predicted octanol–water partition coefficient (Wildman–Crippen LogP) is 2.68. The molecule has 0 aliphatic rings. The molecule has 0 unspecified atom stereocenters. The highest BCUT2D eigenvalue weighted by Crippen LogP contribution is 2.25. The molecule has 0 spiro atoms. The van der Waals surface area contributed by atoms with E-state index >= 15 is 0 Å². The number of ether oxygens (including phenoxy) is 1. The van der Waals surface area contributed by atoms with Crippen molar-refractivity contribution in [3.05, 3.63) is 29.8 Å². The number of esters is 1. The van der Waals surface area contributed by atoms with Crippen molar-refractivity contribution in [2.75, 3.05) is 13.7 Å². The predicted molar refractivity (Wildman–Crippen MR) is 71.9 cm³/mol. The lowest BCUT2D eigenvalue weighted by molar-refractivity contribution is -0.140. The zero-order chi connectivity index (χ0) is 15.0. The Balaban J connectivity index is 2.38. The minimum Gasteiger partial charge on any atom is -0.469 e. The third kappa shape index (κ3) is 6.01. The molecule has 0 heterocycles. The standard InChI is InChI=1S/C13H15F2NO3S/c1-19-11(17)3-2-8-16-12(18)9-4-6-10(7-5-9)20-13(14)15/h4-7,13H,2-3,8H2,1H3,(H,16,18). The molecule has 0 aliphatic heterocycles. The van der Waals surface area contributed by atoms with Crippen molar-refractivity contribution in [1.29, 1.82) is 0 Å². The number of benzene rings is 1. The number of rotatable bonds is 7. The fourth-order valence-electron chi connectivity index (χ4n) is 1.43. The smallest absolute Gasteiger partial charge is 0.305 e. The maximum atomic E-state index is 12.1. The lowest BCUT2D eigenvalue weighted by atomic mass is 10.2. The van der Waals surface area contributed by atoms with Crippen LogP contribution in [0.4, 0.5) is 8.78 Å². The molecular formula is C13H15F2NO3S. The molecule has 110 valence electrons. The van der Waals surface area contributed by atoms with Crippen LogP contribution >= 0.6 is 11.8 Å². The molecule has 0 bridgehead atoms. The van der Waals surface area contributed by atoms with E-state index in [0.29, 0.717) is 35.2 Å². The molecule has 1 rings (SSSR count). The van der Waals surface area contributed by atoms with Crippen molar-refractivity contribution in [1.82, 2.24) is 5.32 Å². The number of halogens is 2. The zero-order valence-electron chi connectivity index (χ0n) is 10.9. The molecule has 0 saturated heterocycles. The van der Waals surface area contributed by atoms with Gasteiger partial charge in [-0.15, -0.1) is 0 Å². The van der Waals surface area contributed by atoms with Crippen LogP contribution in [0.3, 0.4) is 0 Å². The summed E-state index contributed by atoms with van der Waals surface area (Å²) in [6, 6.07) is 5.92. The van der Waals surface area contributed by atoms with Gasteiger partial charge >= 0.3 is 5.97 Å². The Kier molecular flexibility index (Phi) is 7.00. The maximum absolute atomic E-state index is 12.1. The van der Waals surface area contributed by atoms with Crippen LogP contribution in [0.15, 0.2) is 29.2 Å². The Bertz CT molecular complexity index is 451. The van der Waals surface area contributed by atoms with Crippen molar-refractivity contribution in [2.45, 2.75) is 23.5 Å². The number of hydrogen-bond donors (Lipinski definition) is 1. The molecular weight excluding hydrogens is 288 g/mol. The topological polar surface area (TPSA) is 55.4 Å². The van der Waals surface area contributed by atoms with E-state index in [1.54, 1.807) is 0 Å². The molecule has 0 saturated carbocycles. The van der Waals surface area contributed by atoms with Gasteiger partial charge in [0, 0.05) is 23.4 Å². The highest BCUT2D eigenvalue weighted by atomic mass is 32.2. The Hall–Kier alpha value is -1.63. The van der Waals surface area contributed by atoms with Crippen molar-refractivity contribution >= 4 is 23.6 Å². The average molecular weight is 303 g/mol. The highest BCUT2D eigenvalue weighted by molar-refractivity contribution is 7.99. The number of alkyl halides is 2. The molecule has 1 aromatic carbocycles. The number of amides is 1. The molecule has 20 heavy (non-hydrogen) atoms. The van der Waals surface area contributed by atoms with Crippen LogP contribution in [0.5, 0.6) is 0 Å². The molecule has 1 N–H and O–H groups in total. The molecule has 0 aromatic heterocycles. The Morgan fingerprint density at radius 2 is 1.95 bits per heavy atom. The summed E-state index contributed by atoms with van der Waals surface area (Å²) in [4.78, 5) is 23.0. The SMILES string of the molecule is COC(=O)CCCNC(=O)c1ccc(SC(F)F)cc1. The normalized spacial score (nSPS) is 10.4. The van der Waals surface area contributed by atoms with Gasteiger partial charge in [-0.2, -0.15) is 8.78 Å². The number of carbonyl (C=O) groups is 2. The van der Waals surface area contributed by atoms with E-state index in [4.69, 9.17) is 0 Å². The summed E-state index contributed by atoms with van der Waals surface area (Å²) < 4.78 is 28.7. The minimum atomic E-state index is -2.48. The maximum Gasteiger partial charge on any atom is 0.305 e. The summed E-state index contributed by atoms with van der Waals surface area (Å²) in [5, 5.41) is 2.64. The molecule has 0 aliphatic carbocycles. The van der Waals surface area contributed by atoms with Gasteiger partial charge in [0.25, 0.3) is 11.7 Å². The second kappa shape index (κ2) is 8.52. The molecule has 7 heteroatoms. The molecule has 0 radical (unpaired) electrons. The van der Waals surface area contributed by atoms with E-state index in [1.165, 1.54) is 31.4 Å². The van der Waals surface area contributed by atoms with E-state index in [1.807, 2.05) is 0 Å². The van der Waals surface area contributed by atoms with Gasteiger partial charge < -0.3 is 10.1 Å². The summed E-state index contributed by atoms with van der Waals surface area (Å²) in [6.07, 6.45) is 0.721. The quantitative estimate of drug-likeness (QED) is 0.478. The third-order valence-corrected chi connectivity index (χ3v) is 3.14. The fraction of sp³-hybridized carbons (Fsp3) is 0.385. The van der Waals surface area contributed by atoms with Crippen LogP contribution < -0.4 is 5.32 Å². The second-order valence-electron chi connectivity index (χ2n) is 3.84. The first-order valence-electron chi connectivity index (χ1n) is 5.93. The first-order valence-corrected chi connectivity index (χ1v) is 6.81. The van der Waals surface area contributed by atoms with E-state index in [0.717, 1.165) is 0 Å². The summed E-state index contributed by atoms with van der Waals surface area (Å²) >= 11 is 0.430. The molecule has 0 atom stereocenters. The summed E-state index contributed by atoms with van der Waals surface area (Å²) in [6.45, 7) is 0.349. The number of nitrogens with one attached hydrogen (secondary N) is 1. The number of hydrogen-bond acceptors (Lipinski definition) is 4. The van der Waals surface area contributed by atoms with Crippen molar-refractivity contribution < 1.29 is 23.1 Å². The van der Waals surface area contributed by atoms with Crippen LogP contribution in [0.1, 0.15) is 23.2 Å². The van der Waals surface area contributed by atoms with Crippen LogP contribution in [-0.4, -0.2) is 31.3 Å². The summed E-state index contributed by atoms with van der Waals surface area (Å²) in [5.41, 5.74) is 0.390. The van der Waals surface area contributed by atoms with Gasteiger partial charge in [-0.05, 0) is 30.7 Å². The molecule has 0 fully saturated rings. The molecule has 1 amide bonds. The van der Waals surface area contributed by atoms with Crippen LogP contribution in [0, 0.1) is 0 Å². The van der Waals surface area contributed by atoms with Gasteiger partial charge in [-0.1, -0.05) is 11.8 Å². The van der Waals surface area contributed by atoms with Gasteiger partial charge in [-0.25, -0.2) is 0 Å². The molecule has 4 nitrogen and oxygen atoms in total. The molecule has 1 aromatic rings. The first kappa shape index (κ1) is 16.4. The highest BCUT2D eigenvalue weighted by Gasteiger charge is 2.08. The average Bonchev–Trinajstić information content (AvgIpc) is 2.43. The monoisotopic (exact) mass is 303 g/mol. The third-order valence-electron chi connectivity index (χ3n) is 2.41. The van der Waals surface area contributed by atoms with Gasteiger partial charge in [0.2, 0.25) is 0 Å². The van der Waals surface area contributed by atoms with Crippen LogP contribution in [0.2, 0.25) is 0 Å². The van der Waals surface area contributed by atoms with E-state index in [9.17, 15) is 18.4 Å². The first-order chi connectivity index (χ1) is 9.52. The summed E-state index contributed by atoms with van der Waals surface area (Å²) in [7, 11) is 1.31. The van der Waals surface area contributed by atoms with Crippen LogP contribution in [0.25, 0.3) is 0 Å². The van der Waals surface area contributed by atoms with Gasteiger partial charge in [0.15, 0.2) is 0 Å². The van der Waals surface area contributed by atoms with Gasteiger partial charge in [-0.3, -0.25) is 9.59 Å². The van der Waals surface area contributed by atoms with Gasteiger partial charge in [0.05, 0.1) is 7.11 Å².